The van der Waals surface area contributed by atoms with Crippen molar-refractivity contribution in [1.29, 1.82) is 0 Å². The van der Waals surface area contributed by atoms with Crippen molar-refractivity contribution >= 4 is 11.9 Å². The number of benzene rings is 1. The number of rotatable bonds is 5. The van der Waals surface area contributed by atoms with Crippen LogP contribution in [0.3, 0.4) is 0 Å². The molecule has 0 spiro atoms. The number of methoxy groups -OCH3 is 1. The van der Waals surface area contributed by atoms with Gasteiger partial charge in [0.15, 0.2) is 0 Å². The van der Waals surface area contributed by atoms with Gasteiger partial charge in [-0.2, -0.15) is 0 Å². The molecule has 0 fully saturated rings. The summed E-state index contributed by atoms with van der Waals surface area (Å²) in [5, 5.41) is 16.4. The molecule has 0 unspecified atom stereocenters. The van der Waals surface area contributed by atoms with Crippen LogP contribution >= 0.6 is 0 Å². The van der Waals surface area contributed by atoms with Crippen molar-refractivity contribution in [3.63, 3.8) is 0 Å². The van der Waals surface area contributed by atoms with Crippen LogP contribution in [-0.4, -0.2) is 39.1 Å². The molecule has 1 heterocycles. The third-order valence-corrected chi connectivity index (χ3v) is 2.69. The van der Waals surface area contributed by atoms with Crippen molar-refractivity contribution in [2.24, 2.45) is 0 Å². The molecule has 0 aliphatic carbocycles. The van der Waals surface area contributed by atoms with E-state index in [1.165, 1.54) is 11.8 Å². The van der Waals surface area contributed by atoms with Gasteiger partial charge in [0.25, 0.3) is 0 Å². The van der Waals surface area contributed by atoms with Gasteiger partial charge in [-0.3, -0.25) is 4.79 Å². The number of aryl methyl sites for hydroxylation is 1. The van der Waals surface area contributed by atoms with Gasteiger partial charge in [-0.15, -0.1) is 5.10 Å². The number of hydrogen-bond acceptors (Lipinski definition) is 5. The molecule has 0 aliphatic rings. The highest BCUT2D eigenvalue weighted by molar-refractivity contribution is 5.89. The Morgan fingerprint density at radius 3 is 2.60 bits per heavy atom. The fraction of sp³-hybridized carbons (Fsp3) is 0.231. The van der Waals surface area contributed by atoms with Gasteiger partial charge < -0.3 is 9.84 Å². The summed E-state index contributed by atoms with van der Waals surface area (Å²) in [7, 11) is 1.32. The molecular weight excluding hydrogens is 262 g/mol. The van der Waals surface area contributed by atoms with E-state index in [4.69, 9.17) is 5.11 Å². The quantitative estimate of drug-likeness (QED) is 0.820. The lowest BCUT2D eigenvalue weighted by molar-refractivity contribution is -0.136. The number of carbonyl (C=O) groups is 2. The fourth-order valence-electron chi connectivity index (χ4n) is 1.64. The fourth-order valence-corrected chi connectivity index (χ4v) is 1.64. The highest BCUT2D eigenvalue weighted by Crippen LogP contribution is 2.10. The van der Waals surface area contributed by atoms with E-state index >= 15 is 0 Å². The van der Waals surface area contributed by atoms with Crippen LogP contribution in [0.4, 0.5) is 0 Å². The minimum absolute atomic E-state index is 0.0139. The molecule has 2 rings (SSSR count). The first-order valence-electron chi connectivity index (χ1n) is 5.92. The van der Waals surface area contributed by atoms with Crippen LogP contribution < -0.4 is 0 Å². The van der Waals surface area contributed by atoms with Crippen LogP contribution in [0.2, 0.25) is 0 Å². The van der Waals surface area contributed by atoms with Crippen molar-refractivity contribution < 1.29 is 19.4 Å². The summed E-state index contributed by atoms with van der Waals surface area (Å²) in [4.78, 5) is 21.8. The van der Waals surface area contributed by atoms with Crippen molar-refractivity contribution in [3.05, 3.63) is 41.7 Å². The monoisotopic (exact) mass is 275 g/mol. The predicted octanol–water partition coefficient (Wildman–Crippen LogP) is 1.07. The highest BCUT2D eigenvalue weighted by atomic mass is 16.5. The number of aromatic nitrogens is 3. The zero-order chi connectivity index (χ0) is 14.5. The number of aliphatic carboxylic acids is 1. The summed E-state index contributed by atoms with van der Waals surface area (Å²) in [5.74, 6) is -1.28. The summed E-state index contributed by atoms with van der Waals surface area (Å²) in [6.45, 7) is 0. The zero-order valence-corrected chi connectivity index (χ0v) is 10.8. The molecule has 0 radical (unpaired) electrons. The van der Waals surface area contributed by atoms with E-state index in [1.54, 1.807) is 30.5 Å². The van der Waals surface area contributed by atoms with Crippen molar-refractivity contribution in [1.82, 2.24) is 15.0 Å². The third-order valence-electron chi connectivity index (χ3n) is 2.69. The molecule has 7 heteroatoms. The molecule has 0 aliphatic heterocycles. The van der Waals surface area contributed by atoms with Crippen molar-refractivity contribution in [2.45, 2.75) is 12.8 Å². The molecule has 7 nitrogen and oxygen atoms in total. The molecule has 0 saturated heterocycles. The molecule has 104 valence electrons. The van der Waals surface area contributed by atoms with E-state index in [1.807, 2.05) is 0 Å². The van der Waals surface area contributed by atoms with Gasteiger partial charge >= 0.3 is 11.9 Å². The average molecular weight is 275 g/mol. The predicted molar refractivity (Wildman–Crippen MR) is 68.7 cm³/mol. The Bertz CT molecular complexity index is 619. The van der Waals surface area contributed by atoms with Gasteiger partial charge in [-0.05, 0) is 24.3 Å². The summed E-state index contributed by atoms with van der Waals surface area (Å²) < 4.78 is 6.14. The SMILES string of the molecule is COC(=O)c1ccc(-n2cc(CCC(=O)O)nn2)cc1. The molecular formula is C13H13N3O4. The molecule has 1 N–H and O–H groups in total. The molecule has 0 amide bonds. The van der Waals surface area contributed by atoms with Crippen LogP contribution in [0.5, 0.6) is 0 Å². The van der Waals surface area contributed by atoms with Crippen LogP contribution in [0.25, 0.3) is 5.69 Å². The number of carboxylic acid groups (broad SMARTS) is 1. The minimum Gasteiger partial charge on any atom is -0.481 e. The van der Waals surface area contributed by atoms with E-state index in [9.17, 15) is 9.59 Å². The van der Waals surface area contributed by atoms with Crippen LogP contribution in [0.1, 0.15) is 22.5 Å². The van der Waals surface area contributed by atoms with Gasteiger partial charge in [-0.25, -0.2) is 9.48 Å². The standard InChI is InChI=1S/C13H13N3O4/c1-20-13(19)9-2-5-11(6-3-9)16-8-10(14-15-16)4-7-12(17)18/h2-3,5-6,8H,4,7H2,1H3,(H,17,18). The minimum atomic E-state index is -0.873. The number of nitrogens with zero attached hydrogens (tertiary/aromatic N) is 3. The maximum atomic E-state index is 11.3. The van der Waals surface area contributed by atoms with Crippen molar-refractivity contribution in [2.75, 3.05) is 7.11 Å². The van der Waals surface area contributed by atoms with Gasteiger partial charge in [0, 0.05) is 6.42 Å². The summed E-state index contributed by atoms with van der Waals surface area (Å²) in [6, 6.07) is 6.67. The lowest BCUT2D eigenvalue weighted by Crippen LogP contribution is -2.02. The smallest absolute Gasteiger partial charge is 0.337 e. The summed E-state index contributed by atoms with van der Waals surface area (Å²) in [5.41, 5.74) is 1.78. The topological polar surface area (TPSA) is 94.3 Å². The largest absolute Gasteiger partial charge is 0.481 e. The number of carbonyl (C=O) groups excluding carboxylic acids is 1. The molecule has 1 aromatic heterocycles. The van der Waals surface area contributed by atoms with Gasteiger partial charge in [0.2, 0.25) is 0 Å². The van der Waals surface area contributed by atoms with Crippen LogP contribution in [0.15, 0.2) is 30.5 Å². The molecule has 0 bridgehead atoms. The maximum Gasteiger partial charge on any atom is 0.337 e. The average Bonchev–Trinajstić information content (AvgIpc) is 2.93. The number of esters is 1. The first-order chi connectivity index (χ1) is 9.60. The highest BCUT2D eigenvalue weighted by Gasteiger charge is 2.07. The normalized spacial score (nSPS) is 10.2. The lowest BCUT2D eigenvalue weighted by atomic mass is 10.2. The molecule has 0 saturated carbocycles. The van der Waals surface area contributed by atoms with Crippen molar-refractivity contribution in [3.8, 4) is 5.69 Å². The Balaban J connectivity index is 2.11. The Morgan fingerprint density at radius 1 is 1.30 bits per heavy atom. The maximum absolute atomic E-state index is 11.3. The van der Waals surface area contributed by atoms with Gasteiger partial charge in [-0.1, -0.05) is 5.21 Å². The van der Waals surface area contributed by atoms with Crippen LogP contribution in [-0.2, 0) is 16.0 Å². The van der Waals surface area contributed by atoms with Gasteiger partial charge in [0.1, 0.15) is 0 Å². The van der Waals surface area contributed by atoms with E-state index in [-0.39, 0.29) is 6.42 Å². The van der Waals surface area contributed by atoms with Gasteiger partial charge in [0.05, 0.1) is 36.7 Å². The van der Waals surface area contributed by atoms with E-state index in [0.29, 0.717) is 17.7 Å². The second kappa shape index (κ2) is 5.96. The Kier molecular flexibility index (Phi) is 4.09. The third kappa shape index (κ3) is 3.19. The number of hydrogen-bond donors (Lipinski definition) is 1. The Morgan fingerprint density at radius 2 is 2.00 bits per heavy atom. The second-order valence-corrected chi connectivity index (χ2v) is 4.09. The Hall–Kier alpha value is -2.70. The Labute approximate surface area is 114 Å². The second-order valence-electron chi connectivity index (χ2n) is 4.09. The summed E-state index contributed by atoms with van der Waals surface area (Å²) in [6.07, 6.45) is 2.01. The lowest BCUT2D eigenvalue weighted by Gasteiger charge is -2.02. The van der Waals surface area contributed by atoms with E-state index in [2.05, 4.69) is 15.0 Å². The first-order valence-corrected chi connectivity index (χ1v) is 5.92. The van der Waals surface area contributed by atoms with E-state index < -0.39 is 11.9 Å². The molecule has 0 atom stereocenters. The molecule has 2 aromatic rings. The summed E-state index contributed by atoms with van der Waals surface area (Å²) >= 11 is 0. The molecule has 1 aromatic carbocycles. The zero-order valence-electron chi connectivity index (χ0n) is 10.8. The first kappa shape index (κ1) is 13.7. The van der Waals surface area contributed by atoms with E-state index in [0.717, 1.165) is 5.69 Å². The number of ether oxygens (including phenoxy) is 1. The van der Waals surface area contributed by atoms with Crippen LogP contribution in [0, 0.1) is 0 Å². The number of carboxylic acids is 1. The molecule has 20 heavy (non-hydrogen) atoms.